The van der Waals surface area contributed by atoms with Crippen molar-refractivity contribution in [3.8, 4) is 22.5 Å². The van der Waals surface area contributed by atoms with Crippen LogP contribution in [0, 0.1) is 5.39 Å². The maximum absolute atomic E-state index is 8.85. The number of diazo groups is 1. The van der Waals surface area contributed by atoms with Crippen LogP contribution in [-0.2, 0) is 6.54 Å². The van der Waals surface area contributed by atoms with Crippen molar-refractivity contribution in [2.75, 3.05) is 0 Å². The van der Waals surface area contributed by atoms with E-state index >= 15 is 0 Å². The number of nitrogens with zero attached hydrogens (tertiary/aromatic N) is 7. The average Bonchev–Trinajstić information content (AvgIpc) is 2.73. The number of azide groups is 1. The maximum atomic E-state index is 8.85. The zero-order chi connectivity index (χ0) is 19.5. The van der Waals surface area contributed by atoms with E-state index in [0.29, 0.717) is 11.0 Å². The van der Waals surface area contributed by atoms with Gasteiger partial charge in [-0.15, -0.1) is 0 Å². The third-order valence-electron chi connectivity index (χ3n) is 4.77. The van der Waals surface area contributed by atoms with Crippen molar-refractivity contribution in [3.63, 3.8) is 0 Å². The Morgan fingerprint density at radius 1 is 1.00 bits per heavy atom. The molecule has 0 spiro atoms. The molecule has 0 N–H and O–H groups in total. The maximum Gasteiger partial charge on any atom is 0.339 e. The lowest BCUT2D eigenvalue weighted by Crippen LogP contribution is -2.11. The third-order valence-corrected chi connectivity index (χ3v) is 4.77. The van der Waals surface area contributed by atoms with Gasteiger partial charge in [-0.25, -0.2) is 0 Å². The number of hydrogen-bond acceptors (Lipinski definition) is 3. The number of benzene rings is 3. The van der Waals surface area contributed by atoms with Crippen molar-refractivity contribution in [1.29, 1.82) is 5.39 Å². The van der Waals surface area contributed by atoms with Crippen LogP contribution in [0.2, 0.25) is 0 Å². The fourth-order valence-corrected chi connectivity index (χ4v) is 3.66. The first-order valence-corrected chi connectivity index (χ1v) is 8.85. The van der Waals surface area contributed by atoms with Crippen LogP contribution in [0.5, 0.6) is 0 Å². The van der Waals surface area contributed by atoms with Crippen molar-refractivity contribution in [2.24, 2.45) is 10.2 Å². The molecule has 134 valence electrons. The summed E-state index contributed by atoms with van der Waals surface area (Å²) in [6.45, 7) is 2.80. The van der Waals surface area contributed by atoms with Gasteiger partial charge in [0.1, 0.15) is 0 Å². The minimum atomic E-state index is 0.569. The Kier molecular flexibility index (Phi) is 4.47. The fraction of sp³-hybridized carbons (Fsp3) is 0.0952. The molecule has 4 rings (SSSR count). The Hall–Kier alpha value is -4.14. The Balaban J connectivity index is 2.24. The summed E-state index contributed by atoms with van der Waals surface area (Å²) >= 11 is 0. The van der Waals surface area contributed by atoms with Crippen molar-refractivity contribution < 1.29 is 0 Å². The van der Waals surface area contributed by atoms with E-state index < -0.39 is 0 Å². The van der Waals surface area contributed by atoms with Crippen LogP contribution in [0.25, 0.3) is 48.8 Å². The van der Waals surface area contributed by atoms with Gasteiger partial charge in [-0.2, -0.15) is 0 Å². The molecule has 2 aromatic carbocycles. The first-order chi connectivity index (χ1) is 13.8. The molecule has 2 aromatic rings. The summed E-state index contributed by atoms with van der Waals surface area (Å²) in [5.41, 5.74) is 13.5. The second-order valence-corrected chi connectivity index (χ2v) is 6.27. The lowest BCUT2D eigenvalue weighted by molar-refractivity contribution is 0.776. The predicted octanol–water partition coefficient (Wildman–Crippen LogP) is 6.04. The zero-order valence-electron chi connectivity index (χ0n) is 15.2. The second kappa shape index (κ2) is 7.23. The van der Waals surface area contributed by atoms with Crippen molar-refractivity contribution >= 4 is 16.5 Å². The quantitative estimate of drug-likeness (QED) is 0.108. The standard InChI is InChI=1S/C21H16N7/c1-2-28-20-13-16(25-27-23)9-11-18(20)17-10-8-15(24-26-22)12-19(17)21(28)14-6-4-3-5-7-14/h3-13H,2H2,1H3/q+1. The highest BCUT2D eigenvalue weighted by molar-refractivity contribution is 6.05. The minimum Gasteiger partial charge on any atom is -0.340 e. The lowest BCUT2D eigenvalue weighted by Gasteiger charge is -2.23. The predicted molar refractivity (Wildman–Crippen MR) is 109 cm³/mol. The molecule has 0 atom stereocenters. The fourth-order valence-electron chi connectivity index (χ4n) is 3.66. The summed E-state index contributed by atoms with van der Waals surface area (Å²) in [7, 11) is 0. The molecule has 0 saturated carbocycles. The molecule has 0 fully saturated rings. The van der Waals surface area contributed by atoms with E-state index in [4.69, 9.17) is 10.9 Å². The van der Waals surface area contributed by atoms with Gasteiger partial charge >= 0.3 is 5.08 Å². The SMILES string of the molecule is CCn1c2cc(=N[N+]#N)ccc-2c2ccc(N=[N+]=[N-])cc2c1-c1ccccc1. The number of aromatic nitrogens is 1. The molecule has 0 saturated heterocycles. The van der Waals surface area contributed by atoms with Crippen LogP contribution in [0.4, 0.5) is 5.69 Å². The van der Waals surface area contributed by atoms with E-state index in [9.17, 15) is 0 Å². The highest BCUT2D eigenvalue weighted by Gasteiger charge is 2.18. The number of hydrogen-bond donors (Lipinski definition) is 0. The van der Waals surface area contributed by atoms with E-state index in [2.05, 4.69) is 43.8 Å². The Labute approximate surface area is 160 Å². The van der Waals surface area contributed by atoms with E-state index in [1.807, 2.05) is 54.6 Å². The van der Waals surface area contributed by atoms with Crippen LogP contribution in [-0.4, -0.2) is 4.57 Å². The normalized spacial score (nSPS) is 11.4. The largest absolute Gasteiger partial charge is 0.340 e. The molecule has 0 unspecified atom stereocenters. The summed E-state index contributed by atoms with van der Waals surface area (Å²) in [6, 6.07) is 21.5. The molecule has 1 aliphatic heterocycles. The van der Waals surface area contributed by atoms with Gasteiger partial charge in [0.15, 0.2) is 10.5 Å². The molecule has 0 amide bonds. The Morgan fingerprint density at radius 3 is 2.54 bits per heavy atom. The van der Waals surface area contributed by atoms with E-state index in [1.165, 1.54) is 0 Å². The summed E-state index contributed by atoms with van der Waals surface area (Å²) < 4.78 is 2.20. The molecule has 7 nitrogen and oxygen atoms in total. The summed E-state index contributed by atoms with van der Waals surface area (Å²) in [6.07, 6.45) is 0. The van der Waals surface area contributed by atoms with Gasteiger partial charge < -0.3 is 4.57 Å². The summed E-state index contributed by atoms with van der Waals surface area (Å²) in [5.74, 6) is 0. The molecule has 2 aliphatic rings. The van der Waals surface area contributed by atoms with Crippen LogP contribution in [0.3, 0.4) is 0 Å². The van der Waals surface area contributed by atoms with E-state index in [-0.39, 0.29) is 0 Å². The molecule has 0 radical (unpaired) electrons. The molecule has 0 bridgehead atoms. The summed E-state index contributed by atoms with van der Waals surface area (Å²) in [4.78, 5) is 2.92. The van der Waals surface area contributed by atoms with Crippen LogP contribution in [0.15, 0.2) is 76.9 Å². The van der Waals surface area contributed by atoms with Crippen LogP contribution in [0.1, 0.15) is 6.92 Å². The molecular weight excluding hydrogens is 350 g/mol. The molecular formula is C21H16N7+. The van der Waals surface area contributed by atoms with Crippen molar-refractivity contribution in [2.45, 2.75) is 13.5 Å². The highest BCUT2D eigenvalue weighted by atomic mass is 15.2. The molecule has 28 heavy (non-hydrogen) atoms. The average molecular weight is 366 g/mol. The van der Waals surface area contributed by atoms with Crippen LogP contribution < -0.4 is 5.36 Å². The lowest BCUT2D eigenvalue weighted by atomic mass is 9.95. The van der Waals surface area contributed by atoms with Gasteiger partial charge in [0, 0.05) is 28.1 Å². The number of fused-ring (bicyclic) bond motifs is 3. The first-order valence-electron chi connectivity index (χ1n) is 8.85. The van der Waals surface area contributed by atoms with Gasteiger partial charge in [-0.3, -0.25) is 0 Å². The summed E-state index contributed by atoms with van der Waals surface area (Å²) in [5, 5.41) is 21.9. The molecule has 0 aromatic heterocycles. The molecule has 1 heterocycles. The van der Waals surface area contributed by atoms with Gasteiger partial charge in [-0.05, 0) is 47.7 Å². The first kappa shape index (κ1) is 17.3. The van der Waals surface area contributed by atoms with Gasteiger partial charge in [-0.1, -0.05) is 47.6 Å². The van der Waals surface area contributed by atoms with Gasteiger partial charge in [0.2, 0.25) is 0 Å². The number of pyridine rings is 1. The molecule has 7 heteroatoms. The van der Waals surface area contributed by atoms with Crippen molar-refractivity contribution in [1.82, 2.24) is 4.57 Å². The Bertz CT molecular complexity index is 1310. The zero-order valence-corrected chi connectivity index (χ0v) is 15.2. The third kappa shape index (κ3) is 2.84. The topological polar surface area (TPSA) is 94.2 Å². The smallest absolute Gasteiger partial charge is 0.339 e. The van der Waals surface area contributed by atoms with E-state index in [0.717, 1.165) is 39.8 Å². The van der Waals surface area contributed by atoms with E-state index in [1.54, 1.807) is 0 Å². The second-order valence-electron chi connectivity index (χ2n) is 6.27. The minimum absolute atomic E-state index is 0.569. The van der Waals surface area contributed by atoms with Gasteiger partial charge in [0.05, 0.1) is 11.4 Å². The van der Waals surface area contributed by atoms with Crippen molar-refractivity contribution in [3.05, 3.63) is 87.6 Å². The molecule has 1 aliphatic carbocycles. The number of rotatable bonds is 3. The Morgan fingerprint density at radius 2 is 1.82 bits per heavy atom. The van der Waals surface area contributed by atoms with Gasteiger partial charge in [0.25, 0.3) is 5.39 Å². The van der Waals surface area contributed by atoms with Crippen LogP contribution >= 0.6 is 0 Å². The monoisotopic (exact) mass is 366 g/mol. The highest BCUT2D eigenvalue weighted by Crippen LogP contribution is 2.39.